The first-order valence-corrected chi connectivity index (χ1v) is 7.18. The van der Waals surface area contributed by atoms with Crippen LogP contribution in [0.5, 0.6) is 23.0 Å². The lowest BCUT2D eigenvalue weighted by Crippen LogP contribution is -2.16. The van der Waals surface area contributed by atoms with Gasteiger partial charge in [-0.05, 0) is 42.5 Å². The van der Waals surface area contributed by atoms with Crippen LogP contribution in [0.3, 0.4) is 0 Å². The van der Waals surface area contributed by atoms with Crippen molar-refractivity contribution >= 4 is 16.7 Å². The van der Waals surface area contributed by atoms with E-state index in [1.54, 1.807) is 6.07 Å². The molecule has 0 aliphatic carbocycles. The Bertz CT molecular complexity index is 972. The third kappa shape index (κ3) is 3.77. The van der Waals surface area contributed by atoms with E-state index in [1.165, 1.54) is 30.5 Å². The SMILES string of the molecule is NC(=O)c1ncc2cc(Oc3ccc(OC(F)(F)F)cc3)ccc2c1O. The minimum Gasteiger partial charge on any atom is -0.505 e. The molecule has 134 valence electrons. The van der Waals surface area contributed by atoms with E-state index in [-0.39, 0.29) is 22.9 Å². The molecular formula is C17H11F3N2O4. The van der Waals surface area contributed by atoms with E-state index in [1.807, 2.05) is 0 Å². The van der Waals surface area contributed by atoms with E-state index in [0.29, 0.717) is 16.5 Å². The molecule has 3 aromatic rings. The molecule has 0 fully saturated rings. The lowest BCUT2D eigenvalue weighted by atomic mass is 10.1. The van der Waals surface area contributed by atoms with Crippen LogP contribution >= 0.6 is 0 Å². The third-order valence-electron chi connectivity index (χ3n) is 3.36. The largest absolute Gasteiger partial charge is 0.573 e. The number of aromatic hydroxyl groups is 1. The highest BCUT2D eigenvalue weighted by molar-refractivity contribution is 6.00. The highest BCUT2D eigenvalue weighted by Crippen LogP contribution is 2.32. The van der Waals surface area contributed by atoms with Crippen LogP contribution in [0.15, 0.2) is 48.7 Å². The Balaban J connectivity index is 1.83. The standard InChI is InChI=1S/C17H11F3N2O4/c18-17(19,20)26-11-3-1-10(2-4-11)25-12-5-6-13-9(7-12)8-22-14(15(13)23)16(21)24/h1-8,23H,(H2,21,24). The topological polar surface area (TPSA) is 94.7 Å². The average Bonchev–Trinajstić information content (AvgIpc) is 2.55. The normalized spacial score (nSPS) is 11.3. The van der Waals surface area contributed by atoms with E-state index in [4.69, 9.17) is 10.5 Å². The fraction of sp³-hybridized carbons (Fsp3) is 0.0588. The number of nitrogens with zero attached hydrogens (tertiary/aromatic N) is 1. The number of alkyl halides is 3. The fourth-order valence-corrected chi connectivity index (χ4v) is 2.28. The van der Waals surface area contributed by atoms with Crippen LogP contribution in [0.2, 0.25) is 0 Å². The Kier molecular flexibility index (Phi) is 4.29. The van der Waals surface area contributed by atoms with Gasteiger partial charge in [-0.1, -0.05) is 0 Å². The van der Waals surface area contributed by atoms with Crippen molar-refractivity contribution < 1.29 is 32.5 Å². The van der Waals surface area contributed by atoms with Gasteiger partial charge in [0, 0.05) is 17.0 Å². The highest BCUT2D eigenvalue weighted by Gasteiger charge is 2.31. The van der Waals surface area contributed by atoms with Gasteiger partial charge in [-0.2, -0.15) is 0 Å². The second-order valence-corrected chi connectivity index (χ2v) is 5.19. The van der Waals surface area contributed by atoms with Gasteiger partial charge in [0.2, 0.25) is 0 Å². The van der Waals surface area contributed by atoms with E-state index < -0.39 is 12.3 Å². The molecule has 3 N–H and O–H groups in total. The maximum absolute atomic E-state index is 12.1. The Morgan fingerprint density at radius 1 is 1.04 bits per heavy atom. The van der Waals surface area contributed by atoms with Crippen LogP contribution in [0.4, 0.5) is 13.2 Å². The summed E-state index contributed by atoms with van der Waals surface area (Å²) in [6.07, 6.45) is -3.41. The Morgan fingerprint density at radius 3 is 2.27 bits per heavy atom. The summed E-state index contributed by atoms with van der Waals surface area (Å²) in [5.74, 6) is -0.919. The number of carbonyl (C=O) groups excluding carboxylic acids is 1. The van der Waals surface area contributed by atoms with Crippen molar-refractivity contribution in [3.8, 4) is 23.0 Å². The predicted octanol–water partition coefficient (Wildman–Crippen LogP) is 3.73. The van der Waals surface area contributed by atoms with Crippen LogP contribution in [-0.2, 0) is 0 Å². The number of hydrogen-bond acceptors (Lipinski definition) is 5. The van der Waals surface area contributed by atoms with E-state index >= 15 is 0 Å². The smallest absolute Gasteiger partial charge is 0.505 e. The summed E-state index contributed by atoms with van der Waals surface area (Å²) in [6, 6.07) is 9.45. The van der Waals surface area contributed by atoms with Crippen molar-refractivity contribution in [3.63, 3.8) is 0 Å². The van der Waals surface area contributed by atoms with E-state index in [0.717, 1.165) is 12.1 Å². The van der Waals surface area contributed by atoms with Crippen molar-refractivity contribution in [1.82, 2.24) is 4.98 Å². The molecule has 1 amide bonds. The zero-order valence-electron chi connectivity index (χ0n) is 12.9. The number of hydrogen-bond donors (Lipinski definition) is 2. The quantitative estimate of drug-likeness (QED) is 0.736. The number of fused-ring (bicyclic) bond motifs is 1. The van der Waals surface area contributed by atoms with Gasteiger partial charge in [0.25, 0.3) is 5.91 Å². The van der Waals surface area contributed by atoms with Crippen LogP contribution in [-0.4, -0.2) is 22.4 Å². The van der Waals surface area contributed by atoms with Crippen molar-refractivity contribution in [3.05, 3.63) is 54.4 Å². The van der Waals surface area contributed by atoms with Crippen LogP contribution < -0.4 is 15.2 Å². The summed E-state index contributed by atoms with van der Waals surface area (Å²) >= 11 is 0. The maximum atomic E-state index is 12.1. The monoisotopic (exact) mass is 364 g/mol. The molecule has 3 rings (SSSR count). The van der Waals surface area contributed by atoms with Gasteiger partial charge in [-0.3, -0.25) is 4.79 Å². The molecule has 1 heterocycles. The van der Waals surface area contributed by atoms with Gasteiger partial charge in [0.05, 0.1) is 0 Å². The number of benzene rings is 2. The van der Waals surface area contributed by atoms with Crippen LogP contribution in [0, 0.1) is 0 Å². The molecule has 0 saturated carbocycles. The first-order chi connectivity index (χ1) is 12.2. The van der Waals surface area contributed by atoms with Crippen molar-refractivity contribution in [1.29, 1.82) is 0 Å². The molecule has 2 aromatic carbocycles. The molecular weight excluding hydrogens is 353 g/mol. The van der Waals surface area contributed by atoms with Crippen molar-refractivity contribution in [2.45, 2.75) is 6.36 Å². The summed E-state index contributed by atoms with van der Waals surface area (Å²) in [5, 5.41) is 10.9. The zero-order chi connectivity index (χ0) is 18.9. The number of pyridine rings is 1. The molecule has 0 spiro atoms. The van der Waals surface area contributed by atoms with Gasteiger partial charge < -0.3 is 20.3 Å². The highest BCUT2D eigenvalue weighted by atomic mass is 19.4. The van der Waals surface area contributed by atoms with E-state index in [2.05, 4.69) is 9.72 Å². The average molecular weight is 364 g/mol. The third-order valence-corrected chi connectivity index (χ3v) is 3.36. The second kappa shape index (κ2) is 6.43. The fourth-order valence-electron chi connectivity index (χ4n) is 2.28. The molecule has 0 saturated heterocycles. The Morgan fingerprint density at radius 2 is 1.65 bits per heavy atom. The Labute approximate surface area is 144 Å². The molecule has 0 radical (unpaired) electrons. The van der Waals surface area contributed by atoms with Crippen LogP contribution in [0.25, 0.3) is 10.8 Å². The lowest BCUT2D eigenvalue weighted by Gasteiger charge is -2.11. The number of nitrogens with two attached hydrogens (primary N) is 1. The summed E-state index contributed by atoms with van der Waals surface area (Å²) in [4.78, 5) is 15.0. The summed E-state index contributed by atoms with van der Waals surface area (Å²) in [5.41, 5.74) is 4.88. The minimum absolute atomic E-state index is 0.244. The summed E-state index contributed by atoms with van der Waals surface area (Å²) in [6.45, 7) is 0. The number of rotatable bonds is 4. The maximum Gasteiger partial charge on any atom is 0.573 e. The first-order valence-electron chi connectivity index (χ1n) is 7.18. The molecule has 26 heavy (non-hydrogen) atoms. The Hall–Kier alpha value is -3.49. The van der Waals surface area contributed by atoms with Gasteiger partial charge in [0.15, 0.2) is 11.4 Å². The van der Waals surface area contributed by atoms with Gasteiger partial charge in [0.1, 0.15) is 17.2 Å². The molecule has 6 nitrogen and oxygen atoms in total. The molecule has 9 heteroatoms. The summed E-state index contributed by atoms with van der Waals surface area (Å²) in [7, 11) is 0. The minimum atomic E-state index is -4.76. The second-order valence-electron chi connectivity index (χ2n) is 5.19. The van der Waals surface area contributed by atoms with Gasteiger partial charge in [-0.15, -0.1) is 13.2 Å². The number of halogens is 3. The molecule has 1 aromatic heterocycles. The number of primary amides is 1. The predicted molar refractivity (Wildman–Crippen MR) is 85.1 cm³/mol. The van der Waals surface area contributed by atoms with Crippen molar-refractivity contribution in [2.75, 3.05) is 0 Å². The summed E-state index contributed by atoms with van der Waals surface area (Å²) < 4.78 is 45.7. The molecule has 0 aliphatic rings. The number of ether oxygens (including phenoxy) is 2. The molecule has 0 unspecified atom stereocenters. The molecule has 0 aliphatic heterocycles. The van der Waals surface area contributed by atoms with Crippen LogP contribution in [0.1, 0.15) is 10.5 Å². The number of aromatic nitrogens is 1. The number of carbonyl (C=O) groups is 1. The van der Waals surface area contributed by atoms with Gasteiger partial charge >= 0.3 is 6.36 Å². The lowest BCUT2D eigenvalue weighted by molar-refractivity contribution is -0.274. The molecule has 0 atom stereocenters. The van der Waals surface area contributed by atoms with Crippen molar-refractivity contribution in [2.24, 2.45) is 5.73 Å². The molecule has 0 bridgehead atoms. The van der Waals surface area contributed by atoms with Gasteiger partial charge in [-0.25, -0.2) is 4.98 Å². The zero-order valence-corrected chi connectivity index (χ0v) is 12.9. The van der Waals surface area contributed by atoms with E-state index in [9.17, 15) is 23.1 Å². The number of amides is 1. The first kappa shape index (κ1) is 17.3.